The first-order valence-corrected chi connectivity index (χ1v) is 6.29. The second-order valence-corrected chi connectivity index (χ2v) is 4.24. The minimum absolute atomic E-state index is 1.24. The van der Waals surface area contributed by atoms with Gasteiger partial charge in [-0.25, -0.2) is 0 Å². The van der Waals surface area contributed by atoms with Crippen LogP contribution >= 0.6 is 0 Å². The molecule has 0 amide bonds. The second-order valence-electron chi connectivity index (χ2n) is 4.24. The molecule has 0 heterocycles. The molecular weight excluding hydrogens is 216 g/mol. The largest absolute Gasteiger partial charge is 0.0871 e. The molecule has 2 rings (SSSR count). The van der Waals surface area contributed by atoms with E-state index in [2.05, 4.69) is 72.8 Å². The van der Waals surface area contributed by atoms with Gasteiger partial charge in [0.25, 0.3) is 0 Å². The van der Waals surface area contributed by atoms with Crippen LogP contribution in [0.15, 0.2) is 60.7 Å². The van der Waals surface area contributed by atoms with E-state index in [4.69, 9.17) is 0 Å². The molecular formula is C18H18. The lowest BCUT2D eigenvalue weighted by Gasteiger charge is -2.03. The fourth-order valence-electron chi connectivity index (χ4n) is 1.96. The highest BCUT2D eigenvalue weighted by molar-refractivity contribution is 5.67. The Morgan fingerprint density at radius 1 is 0.556 bits per heavy atom. The van der Waals surface area contributed by atoms with Gasteiger partial charge in [0, 0.05) is 0 Å². The zero-order chi connectivity index (χ0) is 12.8. The van der Waals surface area contributed by atoms with Gasteiger partial charge in [-0.2, -0.15) is 0 Å². The average Bonchev–Trinajstić information content (AvgIpc) is 2.41. The van der Waals surface area contributed by atoms with Gasteiger partial charge in [-0.3, -0.25) is 0 Å². The fourth-order valence-corrected chi connectivity index (χ4v) is 1.96. The van der Waals surface area contributed by atoms with Crippen LogP contribution in [-0.4, -0.2) is 0 Å². The Bertz CT molecular complexity index is 486. The lowest BCUT2D eigenvalue weighted by molar-refractivity contribution is 1.58. The molecule has 2 aromatic carbocycles. The number of benzene rings is 2. The van der Waals surface area contributed by atoms with Crippen LogP contribution < -0.4 is 0 Å². The molecule has 0 atom stereocenters. The van der Waals surface area contributed by atoms with Crippen molar-refractivity contribution in [3.63, 3.8) is 0 Å². The monoisotopic (exact) mass is 234 g/mol. The van der Waals surface area contributed by atoms with E-state index < -0.39 is 0 Å². The third-order valence-electron chi connectivity index (χ3n) is 2.87. The topological polar surface area (TPSA) is 0 Å². The van der Waals surface area contributed by atoms with E-state index in [1.54, 1.807) is 0 Å². The smallest absolute Gasteiger partial charge is 0.0184 e. The van der Waals surface area contributed by atoms with Gasteiger partial charge in [0.15, 0.2) is 0 Å². The molecule has 0 aromatic heterocycles. The highest BCUT2D eigenvalue weighted by atomic mass is 14.0. The molecule has 0 spiro atoms. The van der Waals surface area contributed by atoms with E-state index in [0.717, 1.165) is 0 Å². The van der Waals surface area contributed by atoms with Gasteiger partial charge >= 0.3 is 0 Å². The predicted octanol–water partition coefficient (Wildman–Crippen LogP) is 5.42. The van der Waals surface area contributed by atoms with Crippen LogP contribution in [0.2, 0.25) is 0 Å². The van der Waals surface area contributed by atoms with E-state index in [1.807, 2.05) is 13.8 Å². The zero-order valence-corrected chi connectivity index (χ0v) is 10.9. The quantitative estimate of drug-likeness (QED) is 0.665. The maximum atomic E-state index is 2.17. The van der Waals surface area contributed by atoms with Crippen LogP contribution in [0.25, 0.3) is 23.3 Å². The van der Waals surface area contributed by atoms with Gasteiger partial charge in [-0.05, 0) is 36.1 Å². The van der Waals surface area contributed by atoms with Crippen molar-refractivity contribution in [2.45, 2.75) is 13.8 Å². The molecule has 2 aromatic rings. The van der Waals surface area contributed by atoms with Crippen LogP contribution in [0.4, 0.5) is 0 Å². The summed E-state index contributed by atoms with van der Waals surface area (Å²) in [6.07, 6.45) is 8.33. The molecule has 0 heteroatoms. The van der Waals surface area contributed by atoms with E-state index in [9.17, 15) is 0 Å². The number of hydrogen-bond donors (Lipinski definition) is 0. The summed E-state index contributed by atoms with van der Waals surface area (Å²) in [7, 11) is 0. The molecule has 0 nitrogen and oxygen atoms in total. The summed E-state index contributed by atoms with van der Waals surface area (Å²) < 4.78 is 0. The second kappa shape index (κ2) is 6.02. The fraction of sp³-hybridized carbons (Fsp3) is 0.111. The summed E-state index contributed by atoms with van der Waals surface area (Å²) in [6.45, 7) is 4.07. The van der Waals surface area contributed by atoms with Gasteiger partial charge < -0.3 is 0 Å². The Morgan fingerprint density at radius 2 is 0.889 bits per heavy atom. The van der Waals surface area contributed by atoms with Crippen molar-refractivity contribution >= 4 is 12.2 Å². The van der Waals surface area contributed by atoms with E-state index in [0.29, 0.717) is 0 Å². The lowest BCUT2D eigenvalue weighted by atomic mass is 10.0. The van der Waals surface area contributed by atoms with Gasteiger partial charge in [-0.1, -0.05) is 72.8 Å². The van der Waals surface area contributed by atoms with Crippen molar-refractivity contribution in [3.8, 4) is 11.1 Å². The van der Waals surface area contributed by atoms with Crippen molar-refractivity contribution in [2.24, 2.45) is 0 Å². The maximum Gasteiger partial charge on any atom is -0.0184 e. The highest BCUT2D eigenvalue weighted by Gasteiger charge is 1.96. The molecule has 0 aliphatic heterocycles. The lowest BCUT2D eigenvalue weighted by Crippen LogP contribution is -1.79. The molecule has 0 radical (unpaired) electrons. The SMILES string of the molecule is C/C=C/c1ccc(-c2ccc(/C=C/C)cc2)cc1. The Hall–Kier alpha value is -2.08. The average molecular weight is 234 g/mol. The summed E-state index contributed by atoms with van der Waals surface area (Å²) in [6, 6.07) is 17.3. The number of rotatable bonds is 3. The first kappa shape index (κ1) is 12.4. The Labute approximate surface area is 109 Å². The number of hydrogen-bond acceptors (Lipinski definition) is 0. The zero-order valence-electron chi connectivity index (χ0n) is 10.9. The summed E-state index contributed by atoms with van der Waals surface area (Å²) in [5.74, 6) is 0. The van der Waals surface area contributed by atoms with Gasteiger partial charge in [0.05, 0.1) is 0 Å². The third kappa shape index (κ3) is 2.98. The molecule has 90 valence electrons. The van der Waals surface area contributed by atoms with Crippen LogP contribution in [-0.2, 0) is 0 Å². The van der Waals surface area contributed by atoms with Gasteiger partial charge in [0.2, 0.25) is 0 Å². The maximum absolute atomic E-state index is 2.17. The predicted molar refractivity (Wildman–Crippen MR) is 81.3 cm³/mol. The Balaban J connectivity index is 2.25. The molecule has 0 fully saturated rings. The van der Waals surface area contributed by atoms with E-state index in [-0.39, 0.29) is 0 Å². The van der Waals surface area contributed by atoms with Crippen LogP contribution in [0, 0.1) is 0 Å². The third-order valence-corrected chi connectivity index (χ3v) is 2.87. The first-order valence-electron chi connectivity index (χ1n) is 6.29. The van der Waals surface area contributed by atoms with Gasteiger partial charge in [-0.15, -0.1) is 0 Å². The summed E-state index contributed by atoms with van der Waals surface area (Å²) >= 11 is 0. The molecule has 18 heavy (non-hydrogen) atoms. The van der Waals surface area contributed by atoms with E-state index >= 15 is 0 Å². The summed E-state index contributed by atoms with van der Waals surface area (Å²) in [4.78, 5) is 0. The summed E-state index contributed by atoms with van der Waals surface area (Å²) in [5, 5.41) is 0. The Morgan fingerprint density at radius 3 is 1.17 bits per heavy atom. The van der Waals surface area contributed by atoms with Crippen LogP contribution in [0.5, 0.6) is 0 Å². The molecule has 0 aliphatic carbocycles. The number of allylic oxidation sites excluding steroid dienone is 2. The van der Waals surface area contributed by atoms with Crippen molar-refractivity contribution in [3.05, 3.63) is 71.8 Å². The summed E-state index contributed by atoms with van der Waals surface area (Å²) in [5.41, 5.74) is 5.00. The minimum Gasteiger partial charge on any atom is -0.0871 e. The van der Waals surface area contributed by atoms with Crippen LogP contribution in [0.3, 0.4) is 0 Å². The standard InChI is InChI=1S/C18H18/c1-3-5-15-7-11-17(12-8-15)18-13-9-16(6-4-2)10-14-18/h3-14H,1-2H3/b5-3+,6-4+. The first-order chi connectivity index (χ1) is 8.83. The molecule has 0 unspecified atom stereocenters. The van der Waals surface area contributed by atoms with Crippen molar-refractivity contribution in [1.82, 2.24) is 0 Å². The van der Waals surface area contributed by atoms with Crippen molar-refractivity contribution < 1.29 is 0 Å². The minimum atomic E-state index is 1.24. The molecule has 0 N–H and O–H groups in total. The normalized spacial score (nSPS) is 11.4. The van der Waals surface area contributed by atoms with Crippen LogP contribution in [0.1, 0.15) is 25.0 Å². The molecule has 0 aliphatic rings. The van der Waals surface area contributed by atoms with Crippen molar-refractivity contribution in [1.29, 1.82) is 0 Å². The van der Waals surface area contributed by atoms with E-state index in [1.165, 1.54) is 22.3 Å². The Kier molecular flexibility index (Phi) is 4.14. The van der Waals surface area contributed by atoms with Gasteiger partial charge in [0.1, 0.15) is 0 Å². The highest BCUT2D eigenvalue weighted by Crippen LogP contribution is 2.21. The molecule has 0 saturated carbocycles. The molecule has 0 saturated heterocycles. The van der Waals surface area contributed by atoms with Crippen molar-refractivity contribution in [2.75, 3.05) is 0 Å². The molecule has 0 bridgehead atoms.